The Kier molecular flexibility index (Phi) is 2.80. The van der Waals surface area contributed by atoms with Gasteiger partial charge in [0.05, 0.1) is 5.56 Å². The zero-order valence-corrected chi connectivity index (χ0v) is 14.1. The molecule has 0 radical (unpaired) electrons. The highest BCUT2D eigenvalue weighted by molar-refractivity contribution is 5.94. The lowest BCUT2D eigenvalue weighted by Crippen LogP contribution is -2.25. The Morgan fingerprint density at radius 2 is 2.08 bits per heavy atom. The highest BCUT2D eigenvalue weighted by Crippen LogP contribution is 2.52. The topological polar surface area (TPSA) is 39.2 Å². The SMILES string of the molecule is CC1(C)c2cc(C3OC(=O)c4ccncc43)ccc2C2C=CC#CC21. The highest BCUT2D eigenvalue weighted by Gasteiger charge is 2.45. The van der Waals surface area contributed by atoms with Crippen LogP contribution in [0.25, 0.3) is 0 Å². The van der Waals surface area contributed by atoms with Crippen molar-refractivity contribution in [1.29, 1.82) is 0 Å². The van der Waals surface area contributed by atoms with E-state index in [4.69, 9.17) is 4.74 Å². The molecule has 2 aliphatic carbocycles. The molecular formula is C22H17NO2. The lowest BCUT2D eigenvalue weighted by atomic mass is 9.75. The van der Waals surface area contributed by atoms with E-state index in [0.29, 0.717) is 17.4 Å². The number of carbonyl (C=O) groups is 1. The van der Waals surface area contributed by atoms with Crippen LogP contribution in [-0.4, -0.2) is 11.0 Å². The molecule has 3 heteroatoms. The van der Waals surface area contributed by atoms with Gasteiger partial charge in [-0.3, -0.25) is 4.98 Å². The van der Waals surface area contributed by atoms with Crippen molar-refractivity contribution in [2.75, 3.05) is 0 Å². The number of benzene rings is 1. The molecule has 0 amide bonds. The maximum absolute atomic E-state index is 12.1. The van der Waals surface area contributed by atoms with Crippen molar-refractivity contribution in [3.63, 3.8) is 0 Å². The molecule has 0 bridgehead atoms. The van der Waals surface area contributed by atoms with Crippen molar-refractivity contribution in [2.45, 2.75) is 31.3 Å². The van der Waals surface area contributed by atoms with Crippen LogP contribution in [0.3, 0.4) is 0 Å². The van der Waals surface area contributed by atoms with Gasteiger partial charge in [0.25, 0.3) is 0 Å². The van der Waals surface area contributed by atoms with Gasteiger partial charge in [0.1, 0.15) is 0 Å². The summed E-state index contributed by atoms with van der Waals surface area (Å²) in [4.78, 5) is 16.3. The van der Waals surface area contributed by atoms with Crippen LogP contribution in [0.1, 0.15) is 58.5 Å². The van der Waals surface area contributed by atoms with Crippen molar-refractivity contribution in [1.82, 2.24) is 4.98 Å². The molecule has 1 aliphatic heterocycles. The molecule has 122 valence electrons. The fourth-order valence-electron chi connectivity index (χ4n) is 4.44. The number of pyridine rings is 1. The van der Waals surface area contributed by atoms with E-state index in [2.05, 4.69) is 54.9 Å². The number of ether oxygens (including phenoxy) is 1. The standard InChI is InChI=1S/C22H17NO2/c1-22(2)18-6-4-3-5-14(18)15-8-7-13(11-19(15)22)20-17-12-23-10-9-16(17)21(24)25-20/h3,5,7-12,14,18,20H,1-2H3. The molecule has 5 rings (SSSR count). The maximum Gasteiger partial charge on any atom is 0.339 e. The molecule has 2 aromatic rings. The van der Waals surface area contributed by atoms with Gasteiger partial charge in [-0.25, -0.2) is 4.79 Å². The van der Waals surface area contributed by atoms with Crippen molar-refractivity contribution < 1.29 is 9.53 Å². The molecule has 3 unspecified atom stereocenters. The first-order chi connectivity index (χ1) is 12.1. The molecule has 0 spiro atoms. The van der Waals surface area contributed by atoms with Crippen LogP contribution in [0.2, 0.25) is 0 Å². The number of rotatable bonds is 1. The molecule has 0 fully saturated rings. The van der Waals surface area contributed by atoms with E-state index >= 15 is 0 Å². The van der Waals surface area contributed by atoms with Crippen LogP contribution < -0.4 is 0 Å². The number of nitrogens with zero attached hydrogens (tertiary/aromatic N) is 1. The van der Waals surface area contributed by atoms with Gasteiger partial charge in [0.15, 0.2) is 6.10 Å². The number of esters is 1. The summed E-state index contributed by atoms with van der Waals surface area (Å²) in [6.45, 7) is 4.51. The number of hydrogen-bond acceptors (Lipinski definition) is 3. The van der Waals surface area contributed by atoms with Gasteiger partial charge in [-0.05, 0) is 28.8 Å². The van der Waals surface area contributed by atoms with Gasteiger partial charge < -0.3 is 4.74 Å². The molecule has 0 saturated carbocycles. The number of hydrogen-bond donors (Lipinski definition) is 0. The van der Waals surface area contributed by atoms with E-state index < -0.39 is 0 Å². The minimum Gasteiger partial charge on any atom is -0.449 e. The summed E-state index contributed by atoms with van der Waals surface area (Å²) in [5, 5.41) is 0. The van der Waals surface area contributed by atoms with E-state index in [1.165, 1.54) is 11.1 Å². The van der Waals surface area contributed by atoms with Crippen LogP contribution in [-0.2, 0) is 10.2 Å². The summed E-state index contributed by atoms with van der Waals surface area (Å²) in [6.07, 6.45) is 7.16. The average molecular weight is 327 g/mol. The van der Waals surface area contributed by atoms with Crippen LogP contribution in [0.15, 0.2) is 48.8 Å². The summed E-state index contributed by atoms with van der Waals surface area (Å²) in [5.41, 5.74) is 5.06. The highest BCUT2D eigenvalue weighted by atomic mass is 16.5. The third-order valence-electron chi connectivity index (χ3n) is 5.77. The average Bonchev–Trinajstić information content (AvgIpc) is 3.09. The second-order valence-electron chi connectivity index (χ2n) is 7.47. The first-order valence-corrected chi connectivity index (χ1v) is 8.54. The quantitative estimate of drug-likeness (QED) is 0.589. The zero-order chi connectivity index (χ0) is 17.2. The second-order valence-corrected chi connectivity index (χ2v) is 7.47. The predicted molar refractivity (Wildman–Crippen MR) is 94.1 cm³/mol. The van der Waals surface area contributed by atoms with Crippen molar-refractivity contribution in [3.05, 3.63) is 76.6 Å². The zero-order valence-electron chi connectivity index (χ0n) is 14.1. The Hall–Kier alpha value is -2.86. The Morgan fingerprint density at radius 3 is 2.96 bits per heavy atom. The molecule has 3 nitrogen and oxygen atoms in total. The van der Waals surface area contributed by atoms with Gasteiger partial charge in [-0.15, -0.1) is 0 Å². The summed E-state index contributed by atoms with van der Waals surface area (Å²) in [6, 6.07) is 8.18. The summed E-state index contributed by atoms with van der Waals surface area (Å²) < 4.78 is 5.64. The van der Waals surface area contributed by atoms with E-state index in [-0.39, 0.29) is 17.5 Å². The number of carbonyl (C=O) groups excluding carboxylic acids is 1. The smallest absolute Gasteiger partial charge is 0.339 e. The third-order valence-corrected chi connectivity index (χ3v) is 5.77. The molecule has 3 atom stereocenters. The summed E-state index contributed by atoms with van der Waals surface area (Å²) >= 11 is 0. The largest absolute Gasteiger partial charge is 0.449 e. The lowest BCUT2D eigenvalue weighted by molar-refractivity contribution is 0.0455. The fraction of sp³-hybridized carbons (Fsp3) is 0.273. The third kappa shape index (κ3) is 1.88. The Morgan fingerprint density at radius 1 is 1.20 bits per heavy atom. The Labute approximate surface area is 146 Å². The molecule has 0 saturated heterocycles. The predicted octanol–water partition coefficient (Wildman–Crippen LogP) is 3.91. The van der Waals surface area contributed by atoms with Crippen LogP contribution in [0.4, 0.5) is 0 Å². The minimum absolute atomic E-state index is 0.0336. The number of fused-ring (bicyclic) bond motifs is 4. The number of cyclic esters (lactones) is 1. The van der Waals surface area contributed by atoms with E-state index in [1.807, 2.05) is 6.08 Å². The van der Waals surface area contributed by atoms with Gasteiger partial charge >= 0.3 is 5.97 Å². The van der Waals surface area contributed by atoms with Crippen molar-refractivity contribution >= 4 is 5.97 Å². The van der Waals surface area contributed by atoms with E-state index in [1.54, 1.807) is 18.5 Å². The first kappa shape index (κ1) is 14.5. The molecule has 0 N–H and O–H groups in total. The van der Waals surface area contributed by atoms with Crippen molar-refractivity contribution in [3.8, 4) is 11.8 Å². The molecule has 25 heavy (non-hydrogen) atoms. The van der Waals surface area contributed by atoms with Crippen molar-refractivity contribution in [2.24, 2.45) is 5.92 Å². The molecule has 1 aromatic carbocycles. The molecule has 2 heterocycles. The molecule has 3 aliphatic rings. The van der Waals surface area contributed by atoms with Gasteiger partial charge in [0, 0.05) is 35.2 Å². The van der Waals surface area contributed by atoms with Gasteiger partial charge in [-0.1, -0.05) is 50.0 Å². The summed E-state index contributed by atoms with van der Waals surface area (Å²) in [7, 11) is 0. The van der Waals surface area contributed by atoms with Gasteiger partial charge in [-0.2, -0.15) is 0 Å². The van der Waals surface area contributed by atoms with Gasteiger partial charge in [0.2, 0.25) is 0 Å². The normalized spacial score (nSPS) is 27.0. The van der Waals surface area contributed by atoms with E-state index in [0.717, 1.165) is 11.1 Å². The fourth-order valence-corrected chi connectivity index (χ4v) is 4.44. The first-order valence-electron chi connectivity index (χ1n) is 8.54. The molecule has 1 aromatic heterocycles. The number of aromatic nitrogens is 1. The second kappa shape index (κ2) is 4.83. The van der Waals surface area contributed by atoms with Crippen LogP contribution in [0.5, 0.6) is 0 Å². The minimum atomic E-state index is -0.374. The monoisotopic (exact) mass is 327 g/mol. The van der Waals surface area contributed by atoms with Crippen LogP contribution in [0, 0.1) is 17.8 Å². The summed E-state index contributed by atoms with van der Waals surface area (Å²) in [5.74, 6) is 6.89. The lowest BCUT2D eigenvalue weighted by Gasteiger charge is -2.27. The molecular weight excluding hydrogens is 310 g/mol. The maximum atomic E-state index is 12.1. The van der Waals surface area contributed by atoms with E-state index in [9.17, 15) is 4.79 Å². The van der Waals surface area contributed by atoms with Crippen LogP contribution >= 0.6 is 0 Å². The Bertz CT molecular complexity index is 1010. The Balaban J connectivity index is 1.63. The number of allylic oxidation sites excluding steroid dienone is 2.